The summed E-state index contributed by atoms with van der Waals surface area (Å²) in [5.41, 5.74) is 6.56. The standard InChI is InChI=1S/C17H26N2O/c1-16(2,9-6-12-18)13-19-15(20)17(10-11-17)14-7-4-3-5-8-14/h3-5,7-8H,6,9-13,18H2,1-2H3,(H,19,20). The van der Waals surface area contributed by atoms with Crippen molar-refractivity contribution in [2.45, 2.75) is 44.9 Å². The molecule has 0 aliphatic heterocycles. The molecule has 0 radical (unpaired) electrons. The van der Waals surface area contributed by atoms with Gasteiger partial charge in [0.15, 0.2) is 0 Å². The third kappa shape index (κ3) is 3.40. The molecule has 1 amide bonds. The highest BCUT2D eigenvalue weighted by Gasteiger charge is 2.51. The Morgan fingerprint density at radius 1 is 1.30 bits per heavy atom. The minimum Gasteiger partial charge on any atom is -0.355 e. The topological polar surface area (TPSA) is 55.1 Å². The molecule has 1 aromatic carbocycles. The summed E-state index contributed by atoms with van der Waals surface area (Å²) in [6.45, 7) is 5.81. The van der Waals surface area contributed by atoms with E-state index in [1.807, 2.05) is 18.2 Å². The molecule has 3 heteroatoms. The van der Waals surface area contributed by atoms with Gasteiger partial charge in [0.1, 0.15) is 0 Å². The summed E-state index contributed by atoms with van der Waals surface area (Å²) in [6, 6.07) is 10.1. The van der Waals surface area contributed by atoms with Gasteiger partial charge in [0.25, 0.3) is 0 Å². The first-order valence-electron chi connectivity index (χ1n) is 7.54. The first kappa shape index (κ1) is 15.0. The van der Waals surface area contributed by atoms with E-state index >= 15 is 0 Å². The van der Waals surface area contributed by atoms with E-state index in [-0.39, 0.29) is 16.7 Å². The molecule has 0 unspecified atom stereocenters. The van der Waals surface area contributed by atoms with Crippen LogP contribution in [0.4, 0.5) is 0 Å². The third-order valence-electron chi connectivity index (χ3n) is 4.30. The van der Waals surface area contributed by atoms with Crippen molar-refractivity contribution in [3.8, 4) is 0 Å². The van der Waals surface area contributed by atoms with E-state index in [4.69, 9.17) is 5.73 Å². The summed E-state index contributed by atoms with van der Waals surface area (Å²) in [6.07, 6.45) is 3.98. The van der Waals surface area contributed by atoms with Gasteiger partial charge in [-0.25, -0.2) is 0 Å². The quantitative estimate of drug-likeness (QED) is 0.803. The zero-order valence-electron chi connectivity index (χ0n) is 12.6. The molecule has 0 saturated heterocycles. The smallest absolute Gasteiger partial charge is 0.230 e. The van der Waals surface area contributed by atoms with Crippen LogP contribution in [0.2, 0.25) is 0 Å². The Hall–Kier alpha value is -1.35. The van der Waals surface area contributed by atoms with E-state index in [1.165, 1.54) is 0 Å². The summed E-state index contributed by atoms with van der Waals surface area (Å²) in [7, 11) is 0. The van der Waals surface area contributed by atoms with E-state index in [2.05, 4.69) is 31.3 Å². The minimum atomic E-state index is -0.259. The molecular formula is C17H26N2O. The Morgan fingerprint density at radius 2 is 1.95 bits per heavy atom. The number of rotatable bonds is 7. The normalized spacial score (nSPS) is 16.8. The fourth-order valence-corrected chi connectivity index (χ4v) is 2.69. The number of carbonyl (C=O) groups is 1. The molecule has 110 valence electrons. The molecular weight excluding hydrogens is 248 g/mol. The Morgan fingerprint density at radius 3 is 2.50 bits per heavy atom. The zero-order chi connectivity index (χ0) is 14.6. The van der Waals surface area contributed by atoms with Gasteiger partial charge in [-0.15, -0.1) is 0 Å². The van der Waals surface area contributed by atoms with Gasteiger partial charge in [-0.3, -0.25) is 4.79 Å². The maximum Gasteiger partial charge on any atom is 0.230 e. The molecule has 0 aromatic heterocycles. The number of nitrogens with two attached hydrogens (primary N) is 1. The van der Waals surface area contributed by atoms with Gasteiger partial charge in [0, 0.05) is 6.54 Å². The molecule has 3 N–H and O–H groups in total. The van der Waals surface area contributed by atoms with Crippen LogP contribution in [0.25, 0.3) is 0 Å². The van der Waals surface area contributed by atoms with E-state index in [9.17, 15) is 4.79 Å². The second kappa shape index (κ2) is 5.96. The zero-order valence-corrected chi connectivity index (χ0v) is 12.6. The maximum atomic E-state index is 12.5. The fourth-order valence-electron chi connectivity index (χ4n) is 2.69. The summed E-state index contributed by atoms with van der Waals surface area (Å²) in [4.78, 5) is 12.5. The summed E-state index contributed by atoms with van der Waals surface area (Å²) in [5, 5.41) is 3.15. The van der Waals surface area contributed by atoms with Crippen molar-refractivity contribution in [3.63, 3.8) is 0 Å². The van der Waals surface area contributed by atoms with Crippen LogP contribution in [0.5, 0.6) is 0 Å². The van der Waals surface area contributed by atoms with Gasteiger partial charge in [-0.1, -0.05) is 44.2 Å². The number of amides is 1. The average Bonchev–Trinajstić information content (AvgIpc) is 3.25. The Labute approximate surface area is 121 Å². The van der Waals surface area contributed by atoms with Crippen LogP contribution < -0.4 is 11.1 Å². The molecule has 20 heavy (non-hydrogen) atoms. The van der Waals surface area contributed by atoms with Gasteiger partial charge in [0.05, 0.1) is 5.41 Å². The van der Waals surface area contributed by atoms with Crippen molar-refractivity contribution in [2.24, 2.45) is 11.1 Å². The van der Waals surface area contributed by atoms with Crippen molar-refractivity contribution >= 4 is 5.91 Å². The van der Waals surface area contributed by atoms with E-state index in [0.29, 0.717) is 6.54 Å². The van der Waals surface area contributed by atoms with Crippen molar-refractivity contribution in [2.75, 3.05) is 13.1 Å². The van der Waals surface area contributed by atoms with Crippen LogP contribution in [-0.2, 0) is 10.2 Å². The highest BCUT2D eigenvalue weighted by atomic mass is 16.2. The number of hydrogen-bond donors (Lipinski definition) is 2. The predicted molar refractivity (Wildman–Crippen MR) is 82.4 cm³/mol. The molecule has 1 aromatic rings. The summed E-state index contributed by atoms with van der Waals surface area (Å²) >= 11 is 0. The first-order valence-corrected chi connectivity index (χ1v) is 7.54. The molecule has 1 fully saturated rings. The molecule has 0 heterocycles. The third-order valence-corrected chi connectivity index (χ3v) is 4.30. The van der Waals surface area contributed by atoms with Gasteiger partial charge in [0.2, 0.25) is 5.91 Å². The highest BCUT2D eigenvalue weighted by molar-refractivity contribution is 5.91. The van der Waals surface area contributed by atoms with Gasteiger partial charge in [-0.2, -0.15) is 0 Å². The number of carbonyl (C=O) groups excluding carboxylic acids is 1. The molecule has 0 atom stereocenters. The van der Waals surface area contributed by atoms with Crippen LogP contribution in [0.3, 0.4) is 0 Å². The molecule has 0 spiro atoms. The molecule has 0 bridgehead atoms. The van der Waals surface area contributed by atoms with Crippen molar-refractivity contribution < 1.29 is 4.79 Å². The van der Waals surface area contributed by atoms with Crippen LogP contribution >= 0.6 is 0 Å². The van der Waals surface area contributed by atoms with Crippen molar-refractivity contribution in [3.05, 3.63) is 35.9 Å². The molecule has 2 rings (SSSR count). The summed E-state index contributed by atoms with van der Waals surface area (Å²) in [5.74, 6) is 0.185. The predicted octanol–water partition coefficient (Wildman–Crippen LogP) is 2.60. The lowest BCUT2D eigenvalue weighted by Gasteiger charge is -2.26. The molecule has 1 saturated carbocycles. The maximum absolute atomic E-state index is 12.5. The first-order chi connectivity index (χ1) is 9.50. The highest BCUT2D eigenvalue weighted by Crippen LogP contribution is 2.48. The van der Waals surface area contributed by atoms with Crippen LogP contribution in [0, 0.1) is 5.41 Å². The van der Waals surface area contributed by atoms with Crippen LogP contribution in [-0.4, -0.2) is 19.0 Å². The lowest BCUT2D eigenvalue weighted by atomic mass is 9.87. The molecule has 3 nitrogen and oxygen atoms in total. The SMILES string of the molecule is CC(C)(CCCN)CNC(=O)C1(c2ccccc2)CC1. The average molecular weight is 274 g/mol. The fraction of sp³-hybridized carbons (Fsp3) is 0.588. The second-order valence-corrected chi connectivity index (χ2v) is 6.69. The van der Waals surface area contributed by atoms with E-state index < -0.39 is 0 Å². The van der Waals surface area contributed by atoms with Crippen LogP contribution in [0.15, 0.2) is 30.3 Å². The van der Waals surface area contributed by atoms with E-state index in [0.717, 1.165) is 37.8 Å². The van der Waals surface area contributed by atoms with Gasteiger partial charge >= 0.3 is 0 Å². The second-order valence-electron chi connectivity index (χ2n) is 6.69. The Bertz CT molecular complexity index is 449. The largest absolute Gasteiger partial charge is 0.355 e. The lowest BCUT2D eigenvalue weighted by Crippen LogP contribution is -2.40. The Balaban J connectivity index is 1.93. The monoisotopic (exact) mass is 274 g/mol. The summed E-state index contributed by atoms with van der Waals surface area (Å²) < 4.78 is 0. The number of benzene rings is 1. The van der Waals surface area contributed by atoms with Crippen molar-refractivity contribution in [1.82, 2.24) is 5.32 Å². The van der Waals surface area contributed by atoms with Gasteiger partial charge < -0.3 is 11.1 Å². The van der Waals surface area contributed by atoms with E-state index in [1.54, 1.807) is 0 Å². The number of hydrogen-bond acceptors (Lipinski definition) is 2. The lowest BCUT2D eigenvalue weighted by molar-refractivity contribution is -0.124. The molecule has 1 aliphatic carbocycles. The Kier molecular flexibility index (Phi) is 4.48. The van der Waals surface area contributed by atoms with Crippen molar-refractivity contribution in [1.29, 1.82) is 0 Å². The van der Waals surface area contributed by atoms with Crippen LogP contribution in [0.1, 0.15) is 45.1 Å². The minimum absolute atomic E-state index is 0.113. The number of nitrogens with one attached hydrogen (secondary N) is 1. The van der Waals surface area contributed by atoms with Gasteiger partial charge in [-0.05, 0) is 43.2 Å². The molecule has 1 aliphatic rings.